The Morgan fingerprint density at radius 1 is 1.39 bits per heavy atom. The van der Waals surface area contributed by atoms with Gasteiger partial charge in [0.25, 0.3) is 0 Å². The number of carbonyl (C=O) groups is 1. The number of fused-ring (bicyclic) bond motifs is 1. The Bertz CT molecular complexity index is 455. The molecule has 0 amide bonds. The molecule has 1 aromatic rings. The molecule has 0 aromatic carbocycles. The fourth-order valence-corrected chi connectivity index (χ4v) is 4.12. The maximum Gasteiger partial charge on any atom is 0.186 e. The Morgan fingerprint density at radius 2 is 2.28 bits per heavy atom. The van der Waals surface area contributed by atoms with Gasteiger partial charge in [0, 0.05) is 24.4 Å². The molecule has 0 N–H and O–H groups in total. The van der Waals surface area contributed by atoms with Gasteiger partial charge in [-0.2, -0.15) is 0 Å². The van der Waals surface area contributed by atoms with Gasteiger partial charge in [-0.3, -0.25) is 4.79 Å². The summed E-state index contributed by atoms with van der Waals surface area (Å²) in [6.07, 6.45) is 6.59. The minimum Gasteiger partial charge on any atom is -0.348 e. The molecule has 4 heteroatoms. The van der Waals surface area contributed by atoms with Crippen LogP contribution in [0.1, 0.15) is 54.4 Å². The predicted octanol–water partition coefficient (Wildman–Crippen LogP) is 3.29. The van der Waals surface area contributed by atoms with Crippen LogP contribution in [0.3, 0.4) is 0 Å². The number of anilines is 1. The van der Waals surface area contributed by atoms with E-state index in [1.54, 1.807) is 11.3 Å². The first-order chi connectivity index (χ1) is 8.78. The van der Waals surface area contributed by atoms with E-state index in [1.807, 2.05) is 0 Å². The van der Waals surface area contributed by atoms with E-state index in [2.05, 4.69) is 16.8 Å². The van der Waals surface area contributed by atoms with E-state index >= 15 is 0 Å². The van der Waals surface area contributed by atoms with Crippen molar-refractivity contribution < 1.29 is 4.79 Å². The minimum atomic E-state index is 0.253. The van der Waals surface area contributed by atoms with E-state index in [0.717, 1.165) is 42.7 Å². The highest BCUT2D eigenvalue weighted by molar-refractivity contribution is 7.16. The van der Waals surface area contributed by atoms with Crippen molar-refractivity contribution in [3.63, 3.8) is 0 Å². The first-order valence-electron chi connectivity index (χ1n) is 7.05. The molecular formula is C14H20N2OS. The third-order valence-electron chi connectivity index (χ3n) is 4.12. The maximum absolute atomic E-state index is 11.8. The fraction of sp³-hybridized carbons (Fsp3) is 0.714. The van der Waals surface area contributed by atoms with Crippen molar-refractivity contribution in [1.82, 2.24) is 4.98 Å². The second kappa shape index (κ2) is 5.00. The number of hydrogen-bond acceptors (Lipinski definition) is 4. The zero-order valence-electron chi connectivity index (χ0n) is 10.9. The molecule has 3 nitrogen and oxygen atoms in total. The monoisotopic (exact) mass is 264 g/mol. The zero-order valence-corrected chi connectivity index (χ0v) is 11.8. The first-order valence-corrected chi connectivity index (χ1v) is 7.87. The second-order valence-corrected chi connectivity index (χ2v) is 6.47. The maximum atomic E-state index is 11.8. The summed E-state index contributed by atoms with van der Waals surface area (Å²) in [6, 6.07) is 0. The van der Waals surface area contributed by atoms with Gasteiger partial charge < -0.3 is 4.90 Å². The summed E-state index contributed by atoms with van der Waals surface area (Å²) in [5.74, 6) is 1.05. The fourth-order valence-electron chi connectivity index (χ4n) is 2.96. The highest BCUT2D eigenvalue weighted by Crippen LogP contribution is 2.34. The lowest BCUT2D eigenvalue weighted by atomic mass is 9.96. The van der Waals surface area contributed by atoms with E-state index in [4.69, 9.17) is 0 Å². The largest absolute Gasteiger partial charge is 0.348 e. The van der Waals surface area contributed by atoms with Gasteiger partial charge in [0.1, 0.15) is 5.69 Å². The number of nitrogens with zero attached hydrogens (tertiary/aromatic N) is 2. The number of hydrogen-bond donors (Lipinski definition) is 0. The van der Waals surface area contributed by atoms with Gasteiger partial charge in [0.2, 0.25) is 0 Å². The van der Waals surface area contributed by atoms with Crippen LogP contribution in [0.4, 0.5) is 5.13 Å². The lowest BCUT2D eigenvalue weighted by molar-refractivity contribution is 0.0968. The quantitative estimate of drug-likeness (QED) is 0.822. The average Bonchev–Trinajstić information content (AvgIpc) is 2.84. The van der Waals surface area contributed by atoms with Crippen LogP contribution in [0, 0.1) is 5.92 Å². The number of aryl methyl sites for hydroxylation is 1. The van der Waals surface area contributed by atoms with Crippen LogP contribution in [0.2, 0.25) is 0 Å². The molecule has 0 spiro atoms. The normalized spacial score (nSPS) is 24.2. The Hall–Kier alpha value is -0.900. The molecule has 3 rings (SSSR count). The van der Waals surface area contributed by atoms with Crippen LogP contribution < -0.4 is 4.90 Å². The summed E-state index contributed by atoms with van der Waals surface area (Å²) in [7, 11) is 0. The number of rotatable bonds is 2. The Kier molecular flexibility index (Phi) is 3.37. The van der Waals surface area contributed by atoms with Gasteiger partial charge in [0.15, 0.2) is 10.9 Å². The highest BCUT2D eigenvalue weighted by Gasteiger charge is 2.26. The molecule has 1 aromatic heterocycles. The van der Waals surface area contributed by atoms with Gasteiger partial charge in [-0.15, -0.1) is 11.3 Å². The number of piperidine rings is 1. The third-order valence-corrected chi connectivity index (χ3v) is 5.30. The van der Waals surface area contributed by atoms with Crippen molar-refractivity contribution in [3.8, 4) is 0 Å². The topological polar surface area (TPSA) is 33.2 Å². The van der Waals surface area contributed by atoms with Crippen molar-refractivity contribution in [2.75, 3.05) is 18.0 Å². The molecule has 98 valence electrons. The van der Waals surface area contributed by atoms with Gasteiger partial charge in [-0.25, -0.2) is 4.98 Å². The molecule has 1 unspecified atom stereocenters. The average molecular weight is 264 g/mol. The molecule has 18 heavy (non-hydrogen) atoms. The molecule has 1 aliphatic heterocycles. The van der Waals surface area contributed by atoms with Crippen molar-refractivity contribution in [3.05, 3.63) is 10.6 Å². The van der Waals surface area contributed by atoms with E-state index in [9.17, 15) is 4.79 Å². The van der Waals surface area contributed by atoms with Crippen LogP contribution >= 0.6 is 11.3 Å². The number of carbonyl (C=O) groups excluding carboxylic acids is 1. The molecular weight excluding hydrogens is 244 g/mol. The minimum absolute atomic E-state index is 0.253. The van der Waals surface area contributed by atoms with Crippen LogP contribution in [0.25, 0.3) is 0 Å². The Morgan fingerprint density at radius 3 is 3.06 bits per heavy atom. The smallest absolute Gasteiger partial charge is 0.186 e. The summed E-state index contributed by atoms with van der Waals surface area (Å²) >= 11 is 1.75. The standard InChI is InChI=1S/C14H20N2OS/c1-2-10-5-4-8-16(9-10)14-15-13-11(17)6-3-7-12(13)18-14/h10H,2-9H2,1H3. The van der Waals surface area contributed by atoms with Gasteiger partial charge in [-0.05, 0) is 31.6 Å². The molecule has 1 fully saturated rings. The summed E-state index contributed by atoms with van der Waals surface area (Å²) < 4.78 is 0. The summed E-state index contributed by atoms with van der Waals surface area (Å²) in [5.41, 5.74) is 0.778. The summed E-state index contributed by atoms with van der Waals surface area (Å²) in [4.78, 5) is 20.1. The molecule has 1 aliphatic carbocycles. The second-order valence-electron chi connectivity index (χ2n) is 5.41. The molecule has 0 bridgehead atoms. The van der Waals surface area contributed by atoms with Crippen molar-refractivity contribution in [1.29, 1.82) is 0 Å². The Balaban J connectivity index is 1.82. The molecule has 0 radical (unpaired) electrons. The van der Waals surface area contributed by atoms with Crippen LogP contribution in [-0.4, -0.2) is 23.9 Å². The third kappa shape index (κ3) is 2.18. The van der Waals surface area contributed by atoms with Crippen LogP contribution in [0.15, 0.2) is 0 Å². The zero-order chi connectivity index (χ0) is 12.5. The number of ketones is 1. The number of Topliss-reactive ketones (excluding diaryl/α,β-unsaturated/α-hetero) is 1. The molecule has 2 aliphatic rings. The Labute approximate surface area is 112 Å². The van der Waals surface area contributed by atoms with E-state index in [0.29, 0.717) is 6.42 Å². The predicted molar refractivity (Wildman–Crippen MR) is 74.6 cm³/mol. The molecule has 0 saturated carbocycles. The van der Waals surface area contributed by atoms with E-state index < -0.39 is 0 Å². The lowest BCUT2D eigenvalue weighted by Gasteiger charge is -2.31. The lowest BCUT2D eigenvalue weighted by Crippen LogP contribution is -2.35. The summed E-state index contributed by atoms with van der Waals surface area (Å²) in [5, 5.41) is 1.09. The highest BCUT2D eigenvalue weighted by atomic mass is 32.1. The van der Waals surface area contributed by atoms with Crippen molar-refractivity contribution in [2.24, 2.45) is 5.92 Å². The van der Waals surface area contributed by atoms with E-state index in [1.165, 1.54) is 24.1 Å². The van der Waals surface area contributed by atoms with Crippen molar-refractivity contribution >= 4 is 22.3 Å². The van der Waals surface area contributed by atoms with Crippen LogP contribution in [-0.2, 0) is 6.42 Å². The van der Waals surface area contributed by atoms with E-state index in [-0.39, 0.29) is 5.78 Å². The number of thiazole rings is 1. The SMILES string of the molecule is CCC1CCCN(c2nc3c(s2)CCCC3=O)C1. The first kappa shape index (κ1) is 12.2. The molecule has 2 heterocycles. The van der Waals surface area contributed by atoms with Crippen molar-refractivity contribution in [2.45, 2.75) is 45.4 Å². The molecule has 1 saturated heterocycles. The van der Waals surface area contributed by atoms with Gasteiger partial charge in [-0.1, -0.05) is 13.3 Å². The number of aromatic nitrogens is 1. The van der Waals surface area contributed by atoms with Gasteiger partial charge in [0.05, 0.1) is 0 Å². The van der Waals surface area contributed by atoms with Crippen LogP contribution in [0.5, 0.6) is 0 Å². The molecule has 1 atom stereocenters. The van der Waals surface area contributed by atoms with Gasteiger partial charge >= 0.3 is 0 Å². The summed E-state index contributed by atoms with van der Waals surface area (Å²) in [6.45, 7) is 4.50.